The zero-order valence-electron chi connectivity index (χ0n) is 13.8. The van der Waals surface area contributed by atoms with Gasteiger partial charge in [-0.25, -0.2) is 4.98 Å². The van der Waals surface area contributed by atoms with Crippen LogP contribution in [-0.4, -0.2) is 38.7 Å². The molecule has 23 heavy (non-hydrogen) atoms. The molecule has 0 aliphatic carbocycles. The van der Waals surface area contributed by atoms with Crippen molar-refractivity contribution in [3.8, 4) is 11.4 Å². The van der Waals surface area contributed by atoms with Crippen molar-refractivity contribution in [3.63, 3.8) is 0 Å². The van der Waals surface area contributed by atoms with Crippen molar-refractivity contribution in [1.82, 2.24) is 19.0 Å². The molecule has 0 radical (unpaired) electrons. The minimum absolute atomic E-state index is 1.04. The van der Waals surface area contributed by atoms with Gasteiger partial charge in [-0.15, -0.1) is 0 Å². The monoisotopic (exact) mass is 308 g/mol. The summed E-state index contributed by atoms with van der Waals surface area (Å²) in [6, 6.07) is 8.78. The zero-order chi connectivity index (χ0) is 15.6. The summed E-state index contributed by atoms with van der Waals surface area (Å²) in [5.74, 6) is 1.08. The molecule has 0 spiro atoms. The maximum absolute atomic E-state index is 4.59. The van der Waals surface area contributed by atoms with Crippen molar-refractivity contribution in [2.45, 2.75) is 25.8 Å². The Morgan fingerprint density at radius 1 is 1.04 bits per heavy atom. The smallest absolute Gasteiger partial charge is 0.139 e. The first-order chi connectivity index (χ1) is 11.3. The molecule has 4 nitrogen and oxygen atoms in total. The molecule has 0 amide bonds. The maximum Gasteiger partial charge on any atom is 0.139 e. The fraction of sp³-hybridized carbons (Fsp3) is 0.421. The van der Waals surface area contributed by atoms with Gasteiger partial charge in [-0.1, -0.05) is 0 Å². The van der Waals surface area contributed by atoms with E-state index >= 15 is 0 Å². The van der Waals surface area contributed by atoms with Crippen molar-refractivity contribution in [2.24, 2.45) is 7.05 Å². The number of nitrogens with zero attached hydrogens (tertiary/aromatic N) is 4. The summed E-state index contributed by atoms with van der Waals surface area (Å²) in [6.45, 7) is 4.80. The topological polar surface area (TPSA) is 26.0 Å². The van der Waals surface area contributed by atoms with Crippen molar-refractivity contribution < 1.29 is 0 Å². The van der Waals surface area contributed by atoms with Crippen LogP contribution >= 0.6 is 0 Å². The third-order valence-electron chi connectivity index (χ3n) is 4.93. The Morgan fingerprint density at radius 3 is 2.78 bits per heavy atom. The number of rotatable bonds is 5. The predicted octanol–water partition coefficient (Wildman–Crippen LogP) is 3.53. The van der Waals surface area contributed by atoms with Gasteiger partial charge in [-0.05, 0) is 63.2 Å². The fourth-order valence-electron chi connectivity index (χ4n) is 3.64. The van der Waals surface area contributed by atoms with Gasteiger partial charge in [0.2, 0.25) is 0 Å². The number of likely N-dealkylation sites (tertiary alicyclic amines) is 1. The van der Waals surface area contributed by atoms with Gasteiger partial charge >= 0.3 is 0 Å². The van der Waals surface area contributed by atoms with Gasteiger partial charge in [0.1, 0.15) is 5.82 Å². The summed E-state index contributed by atoms with van der Waals surface area (Å²) < 4.78 is 4.45. The van der Waals surface area contributed by atoms with Crippen LogP contribution in [0.5, 0.6) is 0 Å². The van der Waals surface area contributed by atoms with E-state index < -0.39 is 0 Å². The number of aryl methyl sites for hydroxylation is 2. The molecule has 4 rings (SSSR count). The van der Waals surface area contributed by atoms with E-state index in [1.807, 2.05) is 6.20 Å². The van der Waals surface area contributed by atoms with Crippen LogP contribution in [0.3, 0.4) is 0 Å². The van der Waals surface area contributed by atoms with Crippen LogP contribution in [-0.2, 0) is 13.6 Å². The molecular weight excluding hydrogens is 284 g/mol. The molecule has 1 fully saturated rings. The summed E-state index contributed by atoms with van der Waals surface area (Å²) in [7, 11) is 2.08. The Morgan fingerprint density at radius 2 is 1.91 bits per heavy atom. The lowest BCUT2D eigenvalue weighted by atomic mass is 10.1. The van der Waals surface area contributed by atoms with Crippen LogP contribution in [0.1, 0.15) is 19.3 Å². The van der Waals surface area contributed by atoms with E-state index in [4.69, 9.17) is 0 Å². The highest BCUT2D eigenvalue weighted by Crippen LogP contribution is 2.24. The number of fused-ring (bicyclic) bond motifs is 1. The minimum atomic E-state index is 1.04. The molecule has 0 saturated carbocycles. The van der Waals surface area contributed by atoms with Crippen LogP contribution in [0.15, 0.2) is 42.9 Å². The molecule has 1 aliphatic heterocycles. The van der Waals surface area contributed by atoms with Crippen LogP contribution in [0.2, 0.25) is 0 Å². The first-order valence-electron chi connectivity index (χ1n) is 8.60. The lowest BCUT2D eigenvalue weighted by molar-refractivity contribution is 0.325. The van der Waals surface area contributed by atoms with Gasteiger partial charge in [0, 0.05) is 48.6 Å². The van der Waals surface area contributed by atoms with Crippen molar-refractivity contribution in [3.05, 3.63) is 42.9 Å². The van der Waals surface area contributed by atoms with E-state index in [2.05, 4.69) is 62.7 Å². The highest BCUT2D eigenvalue weighted by Gasteiger charge is 2.12. The molecular formula is C19H24N4. The summed E-state index contributed by atoms with van der Waals surface area (Å²) in [5, 5.41) is 1.27. The van der Waals surface area contributed by atoms with Gasteiger partial charge in [0.25, 0.3) is 0 Å². The molecule has 0 atom stereocenters. The summed E-state index contributed by atoms with van der Waals surface area (Å²) >= 11 is 0. The Kier molecular flexibility index (Phi) is 3.92. The van der Waals surface area contributed by atoms with E-state index in [1.165, 1.54) is 55.4 Å². The van der Waals surface area contributed by atoms with Crippen molar-refractivity contribution in [2.75, 3.05) is 19.6 Å². The van der Waals surface area contributed by atoms with E-state index in [9.17, 15) is 0 Å². The molecule has 1 aliphatic rings. The lowest BCUT2D eigenvalue weighted by Crippen LogP contribution is -2.21. The molecule has 0 unspecified atom stereocenters. The first-order valence-corrected chi connectivity index (χ1v) is 8.60. The first kappa shape index (κ1) is 14.5. The fourth-order valence-corrected chi connectivity index (χ4v) is 3.64. The molecule has 1 aromatic carbocycles. The Labute approximate surface area is 137 Å². The highest BCUT2D eigenvalue weighted by molar-refractivity contribution is 5.84. The third-order valence-corrected chi connectivity index (χ3v) is 4.93. The second-order valence-electron chi connectivity index (χ2n) is 6.55. The van der Waals surface area contributed by atoms with Crippen molar-refractivity contribution in [1.29, 1.82) is 0 Å². The van der Waals surface area contributed by atoms with Crippen molar-refractivity contribution >= 4 is 10.9 Å². The average Bonchev–Trinajstić information content (AvgIpc) is 3.29. The normalized spacial score (nSPS) is 15.7. The van der Waals surface area contributed by atoms with Crippen LogP contribution < -0.4 is 0 Å². The van der Waals surface area contributed by atoms with Gasteiger partial charge in [0.05, 0.1) is 0 Å². The number of benzene rings is 1. The number of hydrogen-bond donors (Lipinski definition) is 0. The number of aromatic nitrogens is 3. The summed E-state index contributed by atoms with van der Waals surface area (Å²) in [4.78, 5) is 7.17. The second kappa shape index (κ2) is 6.20. The van der Waals surface area contributed by atoms with Crippen LogP contribution in [0.4, 0.5) is 0 Å². The van der Waals surface area contributed by atoms with E-state index in [0.717, 1.165) is 12.4 Å². The molecule has 0 N–H and O–H groups in total. The molecule has 3 aromatic rings. The molecule has 0 bridgehead atoms. The third kappa shape index (κ3) is 2.91. The molecule has 3 heterocycles. The standard InChI is InChI=1S/C19H24N4/c1-21-13-7-16-15-17(5-6-18(16)21)19-20-8-14-23(19)12-4-11-22-9-2-3-10-22/h5-8,13-15H,2-4,9-12H2,1H3. The van der Waals surface area contributed by atoms with Gasteiger partial charge < -0.3 is 14.0 Å². The minimum Gasteiger partial charge on any atom is -0.351 e. The Hall–Kier alpha value is -2.07. The Balaban J connectivity index is 1.50. The van der Waals surface area contributed by atoms with Gasteiger partial charge in [0.15, 0.2) is 0 Å². The zero-order valence-corrected chi connectivity index (χ0v) is 13.8. The van der Waals surface area contributed by atoms with E-state index in [0.29, 0.717) is 0 Å². The van der Waals surface area contributed by atoms with Gasteiger partial charge in [-0.2, -0.15) is 0 Å². The largest absolute Gasteiger partial charge is 0.351 e. The summed E-state index contributed by atoms with van der Waals surface area (Å²) in [6.07, 6.45) is 10.1. The van der Waals surface area contributed by atoms with Crippen LogP contribution in [0, 0.1) is 0 Å². The predicted molar refractivity (Wildman–Crippen MR) is 94.4 cm³/mol. The van der Waals surface area contributed by atoms with Crippen LogP contribution in [0.25, 0.3) is 22.3 Å². The quantitative estimate of drug-likeness (QED) is 0.721. The summed E-state index contributed by atoms with van der Waals surface area (Å²) in [5.41, 5.74) is 2.47. The van der Waals surface area contributed by atoms with E-state index in [1.54, 1.807) is 0 Å². The number of imidazole rings is 1. The molecule has 4 heteroatoms. The lowest BCUT2D eigenvalue weighted by Gasteiger charge is -2.15. The van der Waals surface area contributed by atoms with E-state index in [-0.39, 0.29) is 0 Å². The maximum atomic E-state index is 4.59. The molecule has 2 aromatic heterocycles. The number of hydrogen-bond acceptors (Lipinski definition) is 2. The Bertz CT molecular complexity index is 793. The highest BCUT2D eigenvalue weighted by atomic mass is 15.1. The SMILES string of the molecule is Cn1ccc2cc(-c3nccn3CCCN3CCCC3)ccc21. The average molecular weight is 308 g/mol. The molecule has 1 saturated heterocycles. The second-order valence-corrected chi connectivity index (χ2v) is 6.55. The van der Waals surface area contributed by atoms with Gasteiger partial charge in [-0.3, -0.25) is 0 Å². The molecule has 120 valence electrons.